The summed E-state index contributed by atoms with van der Waals surface area (Å²) in [5, 5.41) is 0. The second-order valence-corrected chi connectivity index (χ2v) is 5.05. The summed E-state index contributed by atoms with van der Waals surface area (Å²) in [6.07, 6.45) is 6.29. The predicted molar refractivity (Wildman–Crippen MR) is 74.6 cm³/mol. The van der Waals surface area contributed by atoms with Crippen LogP contribution in [0, 0.1) is 6.92 Å². The maximum absolute atomic E-state index is 12.4. The van der Waals surface area contributed by atoms with Crippen molar-refractivity contribution >= 4 is 5.91 Å². The monoisotopic (exact) mass is 287 g/mol. The smallest absolute Gasteiger partial charge is 0.274 e. The number of aromatic nitrogens is 4. The van der Waals surface area contributed by atoms with Crippen LogP contribution in [-0.2, 0) is 11.8 Å². The molecule has 1 amide bonds. The van der Waals surface area contributed by atoms with Gasteiger partial charge in [-0.25, -0.2) is 9.97 Å². The van der Waals surface area contributed by atoms with Gasteiger partial charge in [-0.05, 0) is 6.92 Å². The lowest BCUT2D eigenvalue weighted by Gasteiger charge is -2.32. The number of carbonyl (C=O) groups is 1. The van der Waals surface area contributed by atoms with Crippen LogP contribution in [0.3, 0.4) is 0 Å². The van der Waals surface area contributed by atoms with Gasteiger partial charge in [0.15, 0.2) is 0 Å². The number of carbonyl (C=O) groups excluding carboxylic acids is 1. The SMILES string of the molecule is Cc1cn(C)c([C@H]2CN(C(=O)c3cnccn3)CCO2)n1. The first kappa shape index (κ1) is 13.7. The van der Waals surface area contributed by atoms with Crippen LogP contribution < -0.4 is 0 Å². The van der Waals surface area contributed by atoms with Gasteiger partial charge in [-0.3, -0.25) is 9.78 Å². The molecule has 0 N–H and O–H groups in total. The highest BCUT2D eigenvalue weighted by atomic mass is 16.5. The van der Waals surface area contributed by atoms with E-state index in [2.05, 4.69) is 15.0 Å². The number of aryl methyl sites for hydroxylation is 2. The van der Waals surface area contributed by atoms with E-state index in [1.165, 1.54) is 12.4 Å². The number of nitrogens with zero attached hydrogens (tertiary/aromatic N) is 5. The fourth-order valence-electron chi connectivity index (χ4n) is 2.50. The van der Waals surface area contributed by atoms with Gasteiger partial charge in [0.2, 0.25) is 0 Å². The van der Waals surface area contributed by atoms with Gasteiger partial charge in [0.1, 0.15) is 17.6 Å². The number of rotatable bonds is 2. The summed E-state index contributed by atoms with van der Waals surface area (Å²) in [5.41, 5.74) is 1.29. The van der Waals surface area contributed by atoms with Crippen LogP contribution in [0.2, 0.25) is 0 Å². The summed E-state index contributed by atoms with van der Waals surface area (Å²) in [7, 11) is 1.93. The Kier molecular flexibility index (Phi) is 3.66. The first-order valence-corrected chi connectivity index (χ1v) is 6.82. The molecule has 1 aliphatic rings. The van der Waals surface area contributed by atoms with Crippen molar-refractivity contribution in [2.75, 3.05) is 19.7 Å². The standard InChI is InChI=1S/C14H17N5O2/c1-10-8-18(2)13(17-10)12-9-19(5-6-21-12)14(20)11-7-15-3-4-16-11/h3-4,7-8,12H,5-6,9H2,1-2H3/t12-/m1/s1. The van der Waals surface area contributed by atoms with Crippen LogP contribution >= 0.6 is 0 Å². The number of hydrogen-bond donors (Lipinski definition) is 0. The van der Waals surface area contributed by atoms with Crippen molar-refractivity contribution in [2.24, 2.45) is 7.05 Å². The average molecular weight is 287 g/mol. The van der Waals surface area contributed by atoms with Crippen LogP contribution in [0.25, 0.3) is 0 Å². The molecule has 0 spiro atoms. The van der Waals surface area contributed by atoms with E-state index < -0.39 is 0 Å². The molecule has 1 saturated heterocycles. The molecule has 7 nitrogen and oxygen atoms in total. The van der Waals surface area contributed by atoms with E-state index in [0.29, 0.717) is 25.4 Å². The Morgan fingerprint density at radius 1 is 1.43 bits per heavy atom. The molecule has 21 heavy (non-hydrogen) atoms. The van der Waals surface area contributed by atoms with Gasteiger partial charge in [-0.2, -0.15) is 0 Å². The second kappa shape index (κ2) is 5.61. The molecule has 3 heterocycles. The maximum Gasteiger partial charge on any atom is 0.274 e. The van der Waals surface area contributed by atoms with Gasteiger partial charge in [-0.1, -0.05) is 0 Å². The first-order chi connectivity index (χ1) is 10.1. The van der Waals surface area contributed by atoms with Gasteiger partial charge in [-0.15, -0.1) is 0 Å². The third kappa shape index (κ3) is 2.78. The highest BCUT2D eigenvalue weighted by Gasteiger charge is 2.29. The fourth-order valence-corrected chi connectivity index (χ4v) is 2.50. The number of morpholine rings is 1. The molecule has 1 fully saturated rings. The highest BCUT2D eigenvalue weighted by Crippen LogP contribution is 2.22. The van der Waals surface area contributed by atoms with Crippen LogP contribution in [-0.4, -0.2) is 50.0 Å². The lowest BCUT2D eigenvalue weighted by atomic mass is 10.2. The fraction of sp³-hybridized carbons (Fsp3) is 0.429. The minimum Gasteiger partial charge on any atom is -0.367 e. The van der Waals surface area contributed by atoms with Gasteiger partial charge < -0.3 is 14.2 Å². The molecule has 1 aliphatic heterocycles. The minimum atomic E-state index is -0.210. The Hall–Kier alpha value is -2.28. The molecule has 0 saturated carbocycles. The van der Waals surface area contributed by atoms with Crippen molar-refractivity contribution in [3.8, 4) is 0 Å². The zero-order valence-corrected chi connectivity index (χ0v) is 12.1. The Bertz CT molecular complexity index is 640. The Morgan fingerprint density at radius 2 is 2.29 bits per heavy atom. The van der Waals surface area contributed by atoms with Crippen molar-refractivity contribution in [3.63, 3.8) is 0 Å². The summed E-state index contributed by atoms with van der Waals surface area (Å²) in [4.78, 5) is 26.6. The molecule has 1 atom stereocenters. The Labute approximate surface area is 122 Å². The molecule has 0 unspecified atom stereocenters. The Balaban J connectivity index is 1.77. The lowest BCUT2D eigenvalue weighted by molar-refractivity contribution is -0.0281. The van der Waals surface area contributed by atoms with Crippen LogP contribution in [0.15, 0.2) is 24.8 Å². The first-order valence-electron chi connectivity index (χ1n) is 6.82. The molecular formula is C14H17N5O2. The molecule has 110 valence electrons. The van der Waals surface area contributed by atoms with Crippen molar-refractivity contribution in [2.45, 2.75) is 13.0 Å². The molecule has 2 aromatic heterocycles. The zero-order chi connectivity index (χ0) is 14.8. The minimum absolute atomic E-state index is 0.123. The van der Waals surface area contributed by atoms with E-state index in [0.717, 1.165) is 11.5 Å². The Morgan fingerprint density at radius 3 is 2.95 bits per heavy atom. The van der Waals surface area contributed by atoms with Crippen LogP contribution in [0.5, 0.6) is 0 Å². The summed E-state index contributed by atoms with van der Waals surface area (Å²) in [6, 6.07) is 0. The molecule has 7 heteroatoms. The van der Waals surface area contributed by atoms with Gasteiger partial charge in [0.05, 0.1) is 25.0 Å². The maximum atomic E-state index is 12.4. The molecular weight excluding hydrogens is 270 g/mol. The van der Waals surface area contributed by atoms with Gasteiger partial charge in [0, 0.05) is 32.2 Å². The average Bonchev–Trinajstić information content (AvgIpc) is 2.86. The normalized spacial score (nSPS) is 18.8. The largest absolute Gasteiger partial charge is 0.367 e. The van der Waals surface area contributed by atoms with Crippen molar-refractivity contribution < 1.29 is 9.53 Å². The summed E-state index contributed by atoms with van der Waals surface area (Å²) >= 11 is 0. The third-order valence-electron chi connectivity index (χ3n) is 3.46. The quantitative estimate of drug-likeness (QED) is 0.814. The van der Waals surface area contributed by atoms with E-state index in [4.69, 9.17) is 4.74 Å². The van der Waals surface area contributed by atoms with E-state index in [1.54, 1.807) is 11.1 Å². The van der Waals surface area contributed by atoms with Crippen molar-refractivity contribution in [3.05, 3.63) is 42.0 Å². The summed E-state index contributed by atoms with van der Waals surface area (Å²) in [6.45, 7) is 3.45. The van der Waals surface area contributed by atoms with Crippen LogP contribution in [0.1, 0.15) is 28.1 Å². The van der Waals surface area contributed by atoms with Crippen molar-refractivity contribution in [1.29, 1.82) is 0 Å². The van der Waals surface area contributed by atoms with Gasteiger partial charge >= 0.3 is 0 Å². The highest BCUT2D eigenvalue weighted by molar-refractivity contribution is 5.92. The topological polar surface area (TPSA) is 73.1 Å². The number of ether oxygens (including phenoxy) is 1. The molecule has 2 aromatic rings. The molecule has 3 rings (SSSR count). The van der Waals surface area contributed by atoms with E-state index in [9.17, 15) is 4.79 Å². The molecule has 0 bridgehead atoms. The third-order valence-corrected chi connectivity index (χ3v) is 3.46. The molecule has 0 aliphatic carbocycles. The van der Waals surface area contributed by atoms with E-state index in [1.807, 2.05) is 24.7 Å². The van der Waals surface area contributed by atoms with E-state index in [-0.39, 0.29) is 12.0 Å². The van der Waals surface area contributed by atoms with Crippen LogP contribution in [0.4, 0.5) is 0 Å². The number of amides is 1. The second-order valence-electron chi connectivity index (χ2n) is 5.05. The zero-order valence-electron chi connectivity index (χ0n) is 12.1. The summed E-state index contributed by atoms with van der Waals surface area (Å²) in [5.74, 6) is 0.714. The summed E-state index contributed by atoms with van der Waals surface area (Å²) < 4.78 is 7.70. The van der Waals surface area contributed by atoms with Gasteiger partial charge in [0.25, 0.3) is 5.91 Å². The number of imidazole rings is 1. The molecule has 0 radical (unpaired) electrons. The van der Waals surface area contributed by atoms with E-state index >= 15 is 0 Å². The van der Waals surface area contributed by atoms with Crippen molar-refractivity contribution in [1.82, 2.24) is 24.4 Å². The predicted octanol–water partition coefficient (Wildman–Crippen LogP) is 0.732. The lowest BCUT2D eigenvalue weighted by Crippen LogP contribution is -2.43. The number of hydrogen-bond acceptors (Lipinski definition) is 5. The molecule has 0 aromatic carbocycles.